The van der Waals surface area contributed by atoms with Crippen LogP contribution in [0.5, 0.6) is 0 Å². The second kappa shape index (κ2) is 30.5. The normalized spacial score (nSPS) is 54.9. The smallest absolute Gasteiger partial charge is 0.300 e. The molecule has 2 saturated heterocycles. The molecule has 18 fully saturated rings. The highest BCUT2D eigenvalue weighted by molar-refractivity contribution is 5.85. The average Bonchev–Trinajstić information content (AvgIpc) is 1.66. The number of carbonyl (C=O) groups is 1. The fourth-order valence-electron chi connectivity index (χ4n) is 32.4. The molecule has 0 spiro atoms. The molecular weight excluding hydrogens is 1380 g/mol. The predicted molar refractivity (Wildman–Crippen MR) is 434 cm³/mol. The first kappa shape index (κ1) is 84.5. The highest BCUT2D eigenvalue weighted by atomic mass is 35.5. The topological polar surface area (TPSA) is 282 Å². The molecular formula is C92H151ClN6O10. The molecule has 17 heteroatoms. The predicted octanol–water partition coefficient (Wildman–Crippen LogP) is 18.4. The van der Waals surface area contributed by atoms with E-state index in [2.05, 4.69) is 145 Å². The molecule has 11 N–H and O–H groups in total. The third-order valence-electron chi connectivity index (χ3n) is 37.7. The number of azide groups is 1. The van der Waals surface area contributed by atoms with Crippen LogP contribution in [0.15, 0.2) is 51.7 Å². The molecule has 16 unspecified atom stereocenters. The SMILES string of the molecule is C/C=C1/CCC2C3C(CC[C@]12C)[C@@]1(C)CC[C@H](N)CC1[C@@H](O)[C@@H]3O.C/C=C1/CCC2C3C(CC[C@]12C)[C@@]1(C)CC[C@H](N)CC1[C@@H](O)[C@@H]3O.C/C=C1/CCC2C3C(CC[C@]12C)[C@@]1(C)CC[C@H](N)CC1[C@H]1OC(C)(C)O[C@H]31.C/C=C1/CCC2C3C(CC[C@]12C)[C@@]1(C)CC[C@H](N=[N+]=[N-])CC1[C@H]1OC(C)(C)O[C@H]31.CC(=O)O.Cl. The molecule has 0 aromatic heterocycles. The van der Waals surface area contributed by atoms with Gasteiger partial charge in [-0.15, -0.1) is 12.4 Å². The van der Waals surface area contributed by atoms with Gasteiger partial charge in [-0.2, -0.15) is 0 Å². The Balaban J connectivity index is 0.000000126. The van der Waals surface area contributed by atoms with Gasteiger partial charge in [0.1, 0.15) is 0 Å². The van der Waals surface area contributed by atoms with E-state index in [4.69, 9.17) is 51.6 Å². The van der Waals surface area contributed by atoms with Gasteiger partial charge in [-0.05, 0) is 379 Å². The minimum atomic E-state index is -0.833. The van der Waals surface area contributed by atoms with Crippen molar-refractivity contribution >= 4 is 18.4 Å². The van der Waals surface area contributed by atoms with Crippen molar-refractivity contribution in [1.29, 1.82) is 0 Å². The Bertz CT molecular complexity index is 3400. The van der Waals surface area contributed by atoms with E-state index in [1.807, 2.05) is 0 Å². The van der Waals surface area contributed by atoms with Crippen molar-refractivity contribution < 1.29 is 49.3 Å². The number of rotatable bonds is 1. The van der Waals surface area contributed by atoms with Gasteiger partial charge >= 0.3 is 0 Å². The van der Waals surface area contributed by atoms with Crippen LogP contribution in [-0.4, -0.2) is 116 Å². The Kier molecular flexibility index (Phi) is 23.6. The van der Waals surface area contributed by atoms with Crippen LogP contribution in [-0.2, 0) is 23.7 Å². The number of aliphatic hydroxyl groups is 4. The highest BCUT2D eigenvalue weighted by Crippen LogP contribution is 2.74. The molecule has 0 radical (unpaired) electrons. The maximum Gasteiger partial charge on any atom is 0.300 e. The van der Waals surface area contributed by atoms with E-state index >= 15 is 0 Å². The summed E-state index contributed by atoms with van der Waals surface area (Å²) in [6.45, 7) is 38.1. The first-order valence-electron chi connectivity index (χ1n) is 44.4. The van der Waals surface area contributed by atoms with E-state index in [1.54, 1.807) is 22.3 Å². The Morgan fingerprint density at radius 3 is 0.963 bits per heavy atom. The zero-order valence-corrected chi connectivity index (χ0v) is 71.3. The minimum absolute atomic E-state index is 0. The number of aliphatic carboxylic acids is 1. The maximum atomic E-state index is 11.1. The van der Waals surface area contributed by atoms with Crippen molar-refractivity contribution in [1.82, 2.24) is 0 Å². The van der Waals surface area contributed by atoms with E-state index in [9.17, 15) is 20.4 Å². The average molecular weight is 1540 g/mol. The lowest BCUT2D eigenvalue weighted by molar-refractivity contribution is -0.210. The third-order valence-corrected chi connectivity index (χ3v) is 37.7. The quantitative estimate of drug-likeness (QED) is 0.0525. The molecule has 109 heavy (non-hydrogen) atoms. The van der Waals surface area contributed by atoms with Gasteiger partial charge in [0.25, 0.3) is 5.97 Å². The van der Waals surface area contributed by atoms with E-state index in [0.717, 1.165) is 83.0 Å². The van der Waals surface area contributed by atoms with Crippen LogP contribution in [0.25, 0.3) is 10.4 Å². The van der Waals surface area contributed by atoms with E-state index < -0.39 is 42.0 Å². The lowest BCUT2D eigenvalue weighted by atomic mass is 9.43. The van der Waals surface area contributed by atoms with Gasteiger partial charge in [0.05, 0.1) is 48.8 Å². The first-order valence-corrected chi connectivity index (χ1v) is 44.4. The molecule has 16 nitrogen and oxygen atoms in total. The van der Waals surface area contributed by atoms with Crippen LogP contribution in [0.3, 0.4) is 0 Å². The summed E-state index contributed by atoms with van der Waals surface area (Å²) in [6, 6.07) is 0.827. The van der Waals surface area contributed by atoms with Crippen molar-refractivity contribution in [2.75, 3.05) is 0 Å². The molecule has 2 aliphatic heterocycles. The van der Waals surface area contributed by atoms with E-state index in [1.165, 1.54) is 116 Å². The Hall–Kier alpha value is -2.41. The van der Waals surface area contributed by atoms with Crippen molar-refractivity contribution in [3.63, 3.8) is 0 Å². The number of carboxylic acids is 1. The molecule has 0 amide bonds. The van der Waals surface area contributed by atoms with Gasteiger partial charge < -0.3 is 61.7 Å². The molecule has 18 rings (SSSR count). The molecule has 0 aromatic carbocycles. The zero-order valence-electron chi connectivity index (χ0n) is 70.5. The number of hydrogen-bond acceptors (Lipinski definition) is 13. The molecule has 0 bridgehead atoms. The molecule has 0 aromatic rings. The van der Waals surface area contributed by atoms with Gasteiger partial charge in [-0.3, -0.25) is 4.79 Å². The molecule has 616 valence electrons. The molecule has 36 atom stereocenters. The summed E-state index contributed by atoms with van der Waals surface area (Å²) in [5.74, 6) is 6.29. The van der Waals surface area contributed by atoms with Crippen LogP contribution >= 0.6 is 12.4 Å². The van der Waals surface area contributed by atoms with Gasteiger partial charge in [0, 0.05) is 36.0 Å². The number of allylic oxidation sites excluding steroid dienone is 8. The maximum absolute atomic E-state index is 11.1. The number of hydrogen-bond donors (Lipinski definition) is 8. The second-order valence-corrected chi connectivity index (χ2v) is 42.7. The fourth-order valence-corrected chi connectivity index (χ4v) is 32.4. The monoisotopic (exact) mass is 1540 g/mol. The van der Waals surface area contributed by atoms with Crippen molar-refractivity contribution in [2.24, 2.45) is 160 Å². The van der Waals surface area contributed by atoms with Gasteiger partial charge in [0.2, 0.25) is 0 Å². The number of fused-ring (bicyclic) bond motifs is 26. The summed E-state index contributed by atoms with van der Waals surface area (Å²) < 4.78 is 26.6. The minimum Gasteiger partial charge on any atom is -0.481 e. The number of nitrogens with two attached hydrogens (primary N) is 3. The van der Waals surface area contributed by atoms with Crippen molar-refractivity contribution in [3.8, 4) is 0 Å². The number of ether oxygens (including phenoxy) is 4. The summed E-state index contributed by atoms with van der Waals surface area (Å²) in [4.78, 5) is 12.1. The molecule has 16 saturated carbocycles. The number of nitrogens with zero attached hydrogens (tertiary/aromatic N) is 3. The van der Waals surface area contributed by atoms with Gasteiger partial charge in [-0.1, -0.05) is 107 Å². The lowest BCUT2D eigenvalue weighted by Gasteiger charge is -2.63. The number of carboxylic acid groups (broad SMARTS) is 1. The Morgan fingerprint density at radius 1 is 0.385 bits per heavy atom. The Morgan fingerprint density at radius 2 is 0.651 bits per heavy atom. The largest absolute Gasteiger partial charge is 0.481 e. The standard InChI is InChI=1S/C24H37N3O2.C24H39NO2.2C21H35NO2.C2H4O2.ClH/c1-6-14-7-8-16-19-17(10-12-23(14,16)4)24(5)11-9-15(26-27-25)13-18(24)20-21(19)29-22(2,3)28-20;1-6-14-7-8-16-19-17(10-12-23(14,16)4)24(5)11-9-15(25)13-18(24)20-21(19)27-22(2,3)26-20;2*1-4-12-5-6-14-17-15(8-10-20(12,14)2)21(3)9-7-13(22)11-16(21)18(23)19(17)24;1-2(3)4;/h6,15-21H,7-13H2,1-5H3;6,15-21H,7-13,25H2,1-5H3;2*4,13-19,23-24H,5-11,22H2,1-3H3;1H3,(H,3,4);1H/b2*14-6-;2*12-4-;;/t2*15-,16?,17?,18?,19?,20+,21+,23+,24+;2*13-,14?,15?,16?,17?,18+,19+,20+,21+;;/m0000../s1. The highest BCUT2D eigenvalue weighted by Gasteiger charge is 2.72. The van der Waals surface area contributed by atoms with Crippen LogP contribution in [0.4, 0.5) is 0 Å². The van der Waals surface area contributed by atoms with E-state index in [0.29, 0.717) is 81.5 Å². The summed E-state index contributed by atoms with van der Waals surface area (Å²) in [5, 5.41) is 55.8. The summed E-state index contributed by atoms with van der Waals surface area (Å²) in [7, 11) is 0. The summed E-state index contributed by atoms with van der Waals surface area (Å²) in [6.07, 6.45) is 40.8. The summed E-state index contributed by atoms with van der Waals surface area (Å²) >= 11 is 0. The van der Waals surface area contributed by atoms with Crippen LogP contribution in [0, 0.1) is 138 Å². The van der Waals surface area contributed by atoms with Crippen LogP contribution in [0.1, 0.15) is 297 Å². The zero-order chi connectivity index (χ0) is 77.9. The third kappa shape index (κ3) is 13.6. The van der Waals surface area contributed by atoms with Gasteiger partial charge in [-0.25, -0.2) is 0 Å². The van der Waals surface area contributed by atoms with Crippen molar-refractivity contribution in [2.45, 2.75) is 382 Å². The number of aliphatic hydroxyl groups excluding tert-OH is 4. The first-order chi connectivity index (χ1) is 50.8. The molecule has 2 heterocycles. The van der Waals surface area contributed by atoms with Crippen LogP contribution in [0.2, 0.25) is 0 Å². The number of halogens is 1. The Labute approximate surface area is 663 Å². The van der Waals surface area contributed by atoms with E-state index in [-0.39, 0.29) is 106 Å². The lowest BCUT2D eigenvalue weighted by Crippen LogP contribution is -2.64. The van der Waals surface area contributed by atoms with Gasteiger partial charge in [0.15, 0.2) is 11.6 Å². The van der Waals surface area contributed by atoms with Crippen LogP contribution < -0.4 is 17.2 Å². The fraction of sp³-hybridized carbons (Fsp3) is 0.902. The second-order valence-electron chi connectivity index (χ2n) is 42.7. The molecule has 18 aliphatic rings. The molecule has 16 aliphatic carbocycles. The van der Waals surface area contributed by atoms with Crippen molar-refractivity contribution in [3.05, 3.63) is 57.0 Å². The summed E-state index contributed by atoms with van der Waals surface area (Å²) in [5.41, 5.74) is 36.6.